The standard InChI is InChI=1S/C21H23FN4O/c22-19-3-1-4-20(13-19)24-21(27)16-26-10-2-9-25(11-12-26)15-18-7-5-17(14-23)6-8-18/h1,3-8,13H,2,9-12,15-16H2,(H,24,27). The molecule has 0 saturated carbocycles. The molecule has 1 aliphatic heterocycles. The van der Waals surface area contributed by atoms with E-state index in [2.05, 4.69) is 21.2 Å². The van der Waals surface area contributed by atoms with E-state index in [1.165, 1.54) is 17.7 Å². The Morgan fingerprint density at radius 1 is 1.07 bits per heavy atom. The van der Waals surface area contributed by atoms with Crippen molar-refractivity contribution >= 4 is 11.6 Å². The average Bonchev–Trinajstić information content (AvgIpc) is 2.87. The number of halogens is 1. The van der Waals surface area contributed by atoms with Crippen molar-refractivity contribution in [3.05, 3.63) is 65.5 Å². The maximum atomic E-state index is 13.2. The number of hydrogen-bond donors (Lipinski definition) is 1. The van der Waals surface area contributed by atoms with Crippen molar-refractivity contribution in [3.63, 3.8) is 0 Å². The first-order chi connectivity index (χ1) is 13.1. The molecular weight excluding hydrogens is 343 g/mol. The van der Waals surface area contributed by atoms with Gasteiger partial charge in [-0.3, -0.25) is 14.6 Å². The highest BCUT2D eigenvalue weighted by Crippen LogP contribution is 2.12. The van der Waals surface area contributed by atoms with Crippen LogP contribution >= 0.6 is 0 Å². The molecule has 5 nitrogen and oxygen atoms in total. The fourth-order valence-corrected chi connectivity index (χ4v) is 3.25. The maximum absolute atomic E-state index is 13.2. The van der Waals surface area contributed by atoms with E-state index in [4.69, 9.17) is 5.26 Å². The number of rotatable bonds is 5. The third kappa shape index (κ3) is 5.88. The third-order valence-corrected chi connectivity index (χ3v) is 4.65. The summed E-state index contributed by atoms with van der Waals surface area (Å²) in [7, 11) is 0. The molecule has 27 heavy (non-hydrogen) atoms. The van der Waals surface area contributed by atoms with Gasteiger partial charge in [-0.25, -0.2) is 4.39 Å². The van der Waals surface area contributed by atoms with Gasteiger partial charge in [-0.2, -0.15) is 5.26 Å². The molecule has 0 atom stereocenters. The molecule has 0 unspecified atom stereocenters. The van der Waals surface area contributed by atoms with Gasteiger partial charge in [-0.15, -0.1) is 0 Å². The van der Waals surface area contributed by atoms with Crippen molar-refractivity contribution in [2.75, 3.05) is 38.0 Å². The second kappa shape index (κ2) is 9.26. The van der Waals surface area contributed by atoms with Crippen LogP contribution in [0, 0.1) is 17.1 Å². The largest absolute Gasteiger partial charge is 0.325 e. The number of amides is 1. The molecule has 1 saturated heterocycles. The summed E-state index contributed by atoms with van der Waals surface area (Å²) in [6, 6.07) is 15.7. The van der Waals surface area contributed by atoms with Crippen LogP contribution in [0.4, 0.5) is 10.1 Å². The Morgan fingerprint density at radius 2 is 1.81 bits per heavy atom. The van der Waals surface area contributed by atoms with Crippen molar-refractivity contribution in [1.29, 1.82) is 5.26 Å². The van der Waals surface area contributed by atoms with Crippen molar-refractivity contribution in [3.8, 4) is 6.07 Å². The minimum Gasteiger partial charge on any atom is -0.325 e. The molecule has 0 aliphatic carbocycles. The van der Waals surface area contributed by atoms with Crippen LogP contribution in [0.5, 0.6) is 0 Å². The summed E-state index contributed by atoms with van der Waals surface area (Å²) >= 11 is 0. The second-order valence-electron chi connectivity index (χ2n) is 6.77. The van der Waals surface area contributed by atoms with E-state index < -0.39 is 0 Å². The molecule has 2 aromatic carbocycles. The number of anilines is 1. The fourth-order valence-electron chi connectivity index (χ4n) is 3.25. The van der Waals surface area contributed by atoms with Gasteiger partial charge < -0.3 is 5.32 Å². The fraction of sp³-hybridized carbons (Fsp3) is 0.333. The van der Waals surface area contributed by atoms with E-state index in [1.807, 2.05) is 24.3 Å². The van der Waals surface area contributed by atoms with Gasteiger partial charge in [-0.05, 0) is 55.4 Å². The molecule has 0 aromatic heterocycles. The van der Waals surface area contributed by atoms with Crippen LogP contribution in [0.15, 0.2) is 48.5 Å². The van der Waals surface area contributed by atoms with Crippen molar-refractivity contribution < 1.29 is 9.18 Å². The first kappa shape index (κ1) is 19.0. The highest BCUT2D eigenvalue weighted by molar-refractivity contribution is 5.92. The van der Waals surface area contributed by atoms with Gasteiger partial charge in [0.2, 0.25) is 5.91 Å². The highest BCUT2D eigenvalue weighted by atomic mass is 19.1. The first-order valence-corrected chi connectivity index (χ1v) is 9.11. The zero-order valence-electron chi connectivity index (χ0n) is 15.2. The van der Waals surface area contributed by atoms with Gasteiger partial charge in [0, 0.05) is 25.3 Å². The molecule has 1 fully saturated rings. The number of benzene rings is 2. The van der Waals surface area contributed by atoms with Crippen LogP contribution in [0.1, 0.15) is 17.5 Å². The quantitative estimate of drug-likeness (QED) is 0.884. The summed E-state index contributed by atoms with van der Waals surface area (Å²) in [5.74, 6) is -0.484. The lowest BCUT2D eigenvalue weighted by Gasteiger charge is -2.21. The molecule has 1 N–H and O–H groups in total. The van der Waals surface area contributed by atoms with E-state index in [0.29, 0.717) is 17.8 Å². The zero-order chi connectivity index (χ0) is 19.1. The lowest BCUT2D eigenvalue weighted by Crippen LogP contribution is -2.36. The van der Waals surface area contributed by atoms with Crippen molar-refractivity contribution in [1.82, 2.24) is 9.80 Å². The third-order valence-electron chi connectivity index (χ3n) is 4.65. The van der Waals surface area contributed by atoms with Crippen LogP contribution in [-0.4, -0.2) is 48.4 Å². The molecule has 1 aliphatic rings. The molecule has 3 rings (SSSR count). The molecule has 6 heteroatoms. The maximum Gasteiger partial charge on any atom is 0.238 e. The molecule has 0 spiro atoms. The summed E-state index contributed by atoms with van der Waals surface area (Å²) in [5, 5.41) is 11.6. The Bertz CT molecular complexity index is 816. The van der Waals surface area contributed by atoms with Gasteiger partial charge in [0.15, 0.2) is 0 Å². The van der Waals surface area contributed by atoms with Gasteiger partial charge in [0.1, 0.15) is 5.82 Å². The summed E-state index contributed by atoms with van der Waals surface area (Å²) in [6.45, 7) is 4.68. The van der Waals surface area contributed by atoms with Gasteiger partial charge >= 0.3 is 0 Å². The Hall–Kier alpha value is -2.75. The zero-order valence-corrected chi connectivity index (χ0v) is 15.2. The van der Waals surface area contributed by atoms with Crippen molar-refractivity contribution in [2.45, 2.75) is 13.0 Å². The molecule has 0 bridgehead atoms. The number of carbonyl (C=O) groups excluding carboxylic acids is 1. The van der Waals surface area contributed by atoms with Gasteiger partial charge in [0.05, 0.1) is 18.2 Å². The Morgan fingerprint density at radius 3 is 2.56 bits per heavy atom. The summed E-state index contributed by atoms with van der Waals surface area (Å²) < 4.78 is 13.2. The normalized spacial score (nSPS) is 15.7. The summed E-state index contributed by atoms with van der Waals surface area (Å²) in [5.41, 5.74) is 2.34. The smallest absolute Gasteiger partial charge is 0.238 e. The monoisotopic (exact) mass is 366 g/mol. The van der Waals surface area contributed by atoms with Crippen LogP contribution < -0.4 is 5.32 Å². The predicted molar refractivity (Wildman–Crippen MR) is 103 cm³/mol. The summed E-state index contributed by atoms with van der Waals surface area (Å²) in [4.78, 5) is 16.7. The highest BCUT2D eigenvalue weighted by Gasteiger charge is 2.17. The number of nitrogens with zero attached hydrogens (tertiary/aromatic N) is 3. The van der Waals surface area contributed by atoms with Crippen LogP contribution in [0.3, 0.4) is 0 Å². The first-order valence-electron chi connectivity index (χ1n) is 9.11. The van der Waals surface area contributed by atoms with Crippen LogP contribution in [0.2, 0.25) is 0 Å². The van der Waals surface area contributed by atoms with E-state index in [0.717, 1.165) is 39.1 Å². The number of nitrogens with one attached hydrogen (secondary N) is 1. The van der Waals surface area contributed by atoms with Crippen LogP contribution in [0.25, 0.3) is 0 Å². The van der Waals surface area contributed by atoms with Crippen LogP contribution in [-0.2, 0) is 11.3 Å². The second-order valence-corrected chi connectivity index (χ2v) is 6.77. The number of nitriles is 1. The van der Waals surface area contributed by atoms with E-state index in [-0.39, 0.29) is 11.7 Å². The van der Waals surface area contributed by atoms with E-state index >= 15 is 0 Å². The minimum absolute atomic E-state index is 0.124. The van der Waals surface area contributed by atoms with E-state index in [1.54, 1.807) is 12.1 Å². The lowest BCUT2D eigenvalue weighted by atomic mass is 10.1. The number of hydrogen-bond acceptors (Lipinski definition) is 4. The van der Waals surface area contributed by atoms with E-state index in [9.17, 15) is 9.18 Å². The molecule has 1 heterocycles. The Balaban J connectivity index is 1.47. The minimum atomic E-state index is -0.360. The van der Waals surface area contributed by atoms with Gasteiger partial charge in [-0.1, -0.05) is 18.2 Å². The summed E-state index contributed by atoms with van der Waals surface area (Å²) in [6.07, 6.45) is 0.990. The SMILES string of the molecule is N#Cc1ccc(CN2CCCN(CC(=O)Nc3cccc(F)c3)CC2)cc1. The predicted octanol–water partition coefficient (Wildman–Crippen LogP) is 2.84. The molecule has 0 radical (unpaired) electrons. The molecule has 140 valence electrons. The average molecular weight is 366 g/mol. The number of carbonyl (C=O) groups is 1. The Labute approximate surface area is 159 Å². The van der Waals surface area contributed by atoms with Crippen molar-refractivity contribution in [2.24, 2.45) is 0 Å². The molecule has 1 amide bonds. The lowest BCUT2D eigenvalue weighted by molar-refractivity contribution is -0.117. The molecular formula is C21H23FN4O. The molecule has 2 aromatic rings. The topological polar surface area (TPSA) is 59.4 Å². The Kier molecular flexibility index (Phi) is 6.53. The van der Waals surface area contributed by atoms with Gasteiger partial charge in [0.25, 0.3) is 0 Å².